The number of hydrogen-bond acceptors (Lipinski definition) is 6. The summed E-state index contributed by atoms with van der Waals surface area (Å²) in [4.78, 5) is 23.7. The van der Waals surface area contributed by atoms with Crippen molar-refractivity contribution in [1.82, 2.24) is 15.3 Å². The molecular weight excluding hydrogens is 342 g/mol. The highest BCUT2D eigenvalue weighted by Gasteiger charge is 2.22. The summed E-state index contributed by atoms with van der Waals surface area (Å²) in [6.07, 6.45) is 4.33. The lowest BCUT2D eigenvalue weighted by molar-refractivity contribution is -0.118. The Balaban J connectivity index is 1.62. The molecule has 0 aliphatic heterocycles. The number of hydrogen-bond donors (Lipinski definition) is 1. The Kier molecular flexibility index (Phi) is 6.08. The van der Waals surface area contributed by atoms with Crippen molar-refractivity contribution in [3.63, 3.8) is 0 Å². The molecule has 130 valence electrons. The van der Waals surface area contributed by atoms with Crippen molar-refractivity contribution in [2.75, 3.05) is 25.5 Å². The molecule has 24 heavy (non-hydrogen) atoms. The number of amides is 1. The molecule has 5 nitrogen and oxygen atoms in total. The van der Waals surface area contributed by atoms with E-state index < -0.39 is 0 Å². The Hall–Kier alpha value is -1.18. The van der Waals surface area contributed by atoms with Gasteiger partial charge in [0.25, 0.3) is 0 Å². The minimum absolute atomic E-state index is 0.0489. The first-order valence-corrected chi connectivity index (χ1v) is 10.3. The summed E-state index contributed by atoms with van der Waals surface area (Å²) < 4.78 is 5.27. The summed E-state index contributed by atoms with van der Waals surface area (Å²) in [5.41, 5.74) is 1.41. The van der Waals surface area contributed by atoms with Crippen LogP contribution in [0.4, 0.5) is 0 Å². The number of thiophene rings is 1. The highest BCUT2D eigenvalue weighted by atomic mass is 32.2. The number of fused-ring (bicyclic) bond motifs is 3. The Bertz CT molecular complexity index is 730. The molecule has 1 amide bonds. The van der Waals surface area contributed by atoms with Gasteiger partial charge in [-0.1, -0.05) is 11.8 Å². The van der Waals surface area contributed by atoms with Gasteiger partial charge in [0, 0.05) is 30.0 Å². The summed E-state index contributed by atoms with van der Waals surface area (Å²) in [5, 5.41) is 5.09. The van der Waals surface area contributed by atoms with Gasteiger partial charge >= 0.3 is 0 Å². The summed E-state index contributed by atoms with van der Waals surface area (Å²) in [6.45, 7) is 5.96. The van der Waals surface area contributed by atoms with Crippen LogP contribution >= 0.6 is 23.1 Å². The summed E-state index contributed by atoms with van der Waals surface area (Å²) in [7, 11) is 0. The SMILES string of the molecule is CCOCCCNC(=O)CSc1nc(C)nc2sc3c(c12)CCC3. The number of nitrogens with one attached hydrogen (secondary N) is 1. The highest BCUT2D eigenvalue weighted by Crippen LogP contribution is 2.40. The molecule has 2 heterocycles. The van der Waals surface area contributed by atoms with Crippen molar-refractivity contribution >= 4 is 39.2 Å². The van der Waals surface area contributed by atoms with Gasteiger partial charge in [0.05, 0.1) is 5.75 Å². The molecule has 0 unspecified atom stereocenters. The Morgan fingerprint density at radius 1 is 1.38 bits per heavy atom. The third kappa shape index (κ3) is 4.07. The Labute approximate surface area is 150 Å². The van der Waals surface area contributed by atoms with Crippen LogP contribution < -0.4 is 5.32 Å². The lowest BCUT2D eigenvalue weighted by Crippen LogP contribution is -2.26. The third-order valence-electron chi connectivity index (χ3n) is 3.98. The van der Waals surface area contributed by atoms with Crippen molar-refractivity contribution in [2.45, 2.75) is 44.6 Å². The topological polar surface area (TPSA) is 64.1 Å². The van der Waals surface area contributed by atoms with Gasteiger partial charge in [-0.25, -0.2) is 9.97 Å². The van der Waals surface area contributed by atoms with Crippen molar-refractivity contribution in [1.29, 1.82) is 0 Å². The van der Waals surface area contributed by atoms with E-state index in [4.69, 9.17) is 4.74 Å². The van der Waals surface area contributed by atoms with Crippen LogP contribution in [0.1, 0.15) is 36.0 Å². The lowest BCUT2D eigenvalue weighted by Gasteiger charge is -2.07. The molecule has 1 N–H and O–H groups in total. The molecule has 1 aliphatic rings. The van der Waals surface area contributed by atoms with Crippen LogP contribution in [0.15, 0.2) is 5.03 Å². The molecule has 2 aromatic rings. The fraction of sp³-hybridized carbons (Fsp3) is 0.588. The van der Waals surface area contributed by atoms with E-state index in [1.165, 1.54) is 34.0 Å². The molecule has 0 saturated carbocycles. The fourth-order valence-corrected chi connectivity index (χ4v) is 5.20. The predicted octanol–water partition coefficient (Wildman–Crippen LogP) is 3.12. The average Bonchev–Trinajstić information content (AvgIpc) is 3.12. The van der Waals surface area contributed by atoms with E-state index in [1.54, 1.807) is 11.3 Å². The number of aryl methyl sites for hydroxylation is 3. The maximum Gasteiger partial charge on any atom is 0.230 e. The second kappa shape index (κ2) is 8.27. The van der Waals surface area contributed by atoms with Crippen molar-refractivity contribution in [2.24, 2.45) is 0 Å². The van der Waals surface area contributed by atoms with Crippen LogP contribution in [0.5, 0.6) is 0 Å². The molecule has 0 radical (unpaired) electrons. The smallest absolute Gasteiger partial charge is 0.230 e. The molecule has 0 aromatic carbocycles. The predicted molar refractivity (Wildman–Crippen MR) is 99.0 cm³/mol. The van der Waals surface area contributed by atoms with Crippen molar-refractivity contribution in [3.8, 4) is 0 Å². The van der Waals surface area contributed by atoms with E-state index in [0.717, 1.165) is 41.6 Å². The van der Waals surface area contributed by atoms with Gasteiger partial charge in [-0.2, -0.15) is 0 Å². The van der Waals surface area contributed by atoms with Crippen LogP contribution in [-0.4, -0.2) is 41.4 Å². The fourth-order valence-electron chi connectivity index (χ4n) is 2.90. The van der Waals surface area contributed by atoms with E-state index >= 15 is 0 Å². The number of carbonyl (C=O) groups is 1. The molecule has 2 aromatic heterocycles. The molecule has 0 fully saturated rings. The van der Waals surface area contributed by atoms with Crippen LogP contribution in [0, 0.1) is 6.92 Å². The van der Waals surface area contributed by atoms with E-state index in [-0.39, 0.29) is 5.91 Å². The van der Waals surface area contributed by atoms with Crippen LogP contribution in [-0.2, 0) is 22.4 Å². The maximum atomic E-state index is 12.0. The molecule has 0 saturated heterocycles. The summed E-state index contributed by atoms with van der Waals surface area (Å²) >= 11 is 3.31. The zero-order chi connectivity index (χ0) is 16.9. The van der Waals surface area contributed by atoms with E-state index in [9.17, 15) is 4.79 Å². The van der Waals surface area contributed by atoms with Gasteiger partial charge in [-0.15, -0.1) is 11.3 Å². The number of rotatable bonds is 8. The van der Waals surface area contributed by atoms with Gasteiger partial charge in [-0.3, -0.25) is 4.79 Å². The number of ether oxygens (including phenoxy) is 1. The van der Waals surface area contributed by atoms with E-state index in [0.29, 0.717) is 18.9 Å². The minimum Gasteiger partial charge on any atom is -0.382 e. The average molecular weight is 366 g/mol. The lowest BCUT2D eigenvalue weighted by atomic mass is 10.2. The largest absolute Gasteiger partial charge is 0.382 e. The van der Waals surface area contributed by atoms with E-state index in [2.05, 4.69) is 15.3 Å². The van der Waals surface area contributed by atoms with E-state index in [1.807, 2.05) is 13.8 Å². The second-order valence-corrected chi connectivity index (χ2v) is 7.85. The highest BCUT2D eigenvalue weighted by molar-refractivity contribution is 8.00. The third-order valence-corrected chi connectivity index (χ3v) is 6.14. The van der Waals surface area contributed by atoms with Crippen LogP contribution in [0.3, 0.4) is 0 Å². The normalized spacial score (nSPS) is 13.4. The first-order valence-electron chi connectivity index (χ1n) is 8.45. The number of aromatic nitrogens is 2. The zero-order valence-electron chi connectivity index (χ0n) is 14.2. The number of thioether (sulfide) groups is 1. The molecule has 1 aliphatic carbocycles. The minimum atomic E-state index is 0.0489. The standard InChI is InChI=1S/C17H23N3O2S2/c1-3-22-9-5-8-18-14(21)10-23-16-15-12-6-4-7-13(12)24-17(15)20-11(2)19-16/h3-10H2,1-2H3,(H,18,21). The molecule has 3 rings (SSSR count). The quantitative estimate of drug-likeness (QED) is 0.442. The number of carbonyl (C=O) groups excluding carboxylic acids is 1. The molecule has 7 heteroatoms. The first-order chi connectivity index (χ1) is 11.7. The first kappa shape index (κ1) is 17.6. The van der Waals surface area contributed by atoms with Gasteiger partial charge < -0.3 is 10.1 Å². The second-order valence-electron chi connectivity index (χ2n) is 5.80. The van der Waals surface area contributed by atoms with Gasteiger partial charge in [0.1, 0.15) is 15.7 Å². The zero-order valence-corrected chi connectivity index (χ0v) is 15.8. The van der Waals surface area contributed by atoms with Gasteiger partial charge in [0.2, 0.25) is 5.91 Å². The maximum absolute atomic E-state index is 12.0. The van der Waals surface area contributed by atoms with Gasteiger partial charge in [-0.05, 0) is 45.1 Å². The van der Waals surface area contributed by atoms with Crippen LogP contribution in [0.25, 0.3) is 10.2 Å². The monoisotopic (exact) mass is 365 g/mol. The molecule has 0 spiro atoms. The van der Waals surface area contributed by atoms with Crippen LogP contribution in [0.2, 0.25) is 0 Å². The summed E-state index contributed by atoms with van der Waals surface area (Å²) in [6, 6.07) is 0. The van der Waals surface area contributed by atoms with Crippen molar-refractivity contribution < 1.29 is 9.53 Å². The number of nitrogens with zero attached hydrogens (tertiary/aromatic N) is 2. The van der Waals surface area contributed by atoms with Crippen molar-refractivity contribution in [3.05, 3.63) is 16.3 Å². The van der Waals surface area contributed by atoms with Gasteiger partial charge in [0.15, 0.2) is 0 Å². The summed E-state index contributed by atoms with van der Waals surface area (Å²) in [5.74, 6) is 1.22. The molecule has 0 atom stereocenters. The molecular formula is C17H23N3O2S2. The Morgan fingerprint density at radius 3 is 3.08 bits per heavy atom. The Morgan fingerprint density at radius 2 is 2.25 bits per heavy atom. The molecule has 0 bridgehead atoms.